The molecule has 6 heteroatoms. The molecule has 0 bridgehead atoms. The highest BCUT2D eigenvalue weighted by Gasteiger charge is 2.26. The van der Waals surface area contributed by atoms with Gasteiger partial charge in [0.1, 0.15) is 0 Å². The van der Waals surface area contributed by atoms with Crippen LogP contribution in [0, 0.1) is 0 Å². The van der Waals surface area contributed by atoms with Crippen LogP contribution in [0.2, 0.25) is 5.02 Å². The van der Waals surface area contributed by atoms with E-state index in [9.17, 15) is 9.59 Å². The predicted octanol–water partition coefficient (Wildman–Crippen LogP) is 1.84. The Kier molecular flexibility index (Phi) is 7.18. The molecule has 0 fully saturated rings. The summed E-state index contributed by atoms with van der Waals surface area (Å²) >= 11 is 6.05. The number of hydrogen-bond acceptors (Lipinski definition) is 2. The second-order valence-electron chi connectivity index (χ2n) is 6.45. The van der Waals surface area contributed by atoms with Gasteiger partial charge < -0.3 is 15.1 Å². The van der Waals surface area contributed by atoms with Gasteiger partial charge in [-0.3, -0.25) is 9.59 Å². The van der Waals surface area contributed by atoms with Gasteiger partial charge in [-0.2, -0.15) is 0 Å². The van der Waals surface area contributed by atoms with Gasteiger partial charge in [0, 0.05) is 13.6 Å². The second kappa shape index (κ2) is 9.36. The van der Waals surface area contributed by atoms with Gasteiger partial charge in [0.05, 0.1) is 17.8 Å². The molecule has 0 aliphatic heterocycles. The lowest BCUT2D eigenvalue weighted by Crippen LogP contribution is -3.15. The van der Waals surface area contributed by atoms with E-state index in [1.54, 1.807) is 30.1 Å². The third-order valence-electron chi connectivity index (χ3n) is 4.34. The van der Waals surface area contributed by atoms with Gasteiger partial charge in [0.25, 0.3) is 11.8 Å². The molecule has 26 heavy (non-hydrogen) atoms. The van der Waals surface area contributed by atoms with E-state index in [2.05, 4.69) is 5.32 Å². The van der Waals surface area contributed by atoms with E-state index in [0.717, 1.165) is 10.5 Å². The third kappa shape index (κ3) is 5.58. The molecule has 2 N–H and O–H groups in total. The number of anilines is 1. The quantitative estimate of drug-likeness (QED) is 0.777. The number of nitrogens with one attached hydrogen (secondary N) is 2. The lowest BCUT2D eigenvalue weighted by atomic mass is 10.2. The van der Waals surface area contributed by atoms with E-state index in [0.29, 0.717) is 17.3 Å². The summed E-state index contributed by atoms with van der Waals surface area (Å²) in [6, 6.07) is 16.6. The molecule has 2 aromatic rings. The normalized spacial score (nSPS) is 12.9. The predicted molar refractivity (Wildman–Crippen MR) is 104 cm³/mol. The fourth-order valence-electron chi connectivity index (χ4n) is 2.64. The molecule has 2 rings (SSSR count). The van der Waals surface area contributed by atoms with Gasteiger partial charge in [-0.25, -0.2) is 0 Å². The average molecular weight is 375 g/mol. The van der Waals surface area contributed by atoms with Crippen LogP contribution in [0.15, 0.2) is 54.6 Å². The molecule has 0 aliphatic carbocycles. The van der Waals surface area contributed by atoms with Crippen molar-refractivity contribution in [3.63, 3.8) is 0 Å². The van der Waals surface area contributed by atoms with E-state index in [1.165, 1.54) is 0 Å². The lowest BCUT2D eigenvalue weighted by molar-refractivity contribution is -0.886. The first-order valence-electron chi connectivity index (χ1n) is 8.54. The van der Waals surface area contributed by atoms with Crippen LogP contribution in [0.25, 0.3) is 0 Å². The first-order valence-corrected chi connectivity index (χ1v) is 8.92. The van der Waals surface area contributed by atoms with Crippen molar-refractivity contribution in [2.75, 3.05) is 26.0 Å². The molecule has 0 spiro atoms. The number of nitrogens with zero attached hydrogens (tertiary/aromatic N) is 1. The maximum atomic E-state index is 12.6. The minimum atomic E-state index is -0.333. The van der Waals surface area contributed by atoms with Gasteiger partial charge in [-0.05, 0) is 24.6 Å². The third-order valence-corrected chi connectivity index (χ3v) is 4.67. The highest BCUT2D eigenvalue weighted by atomic mass is 35.5. The molecular formula is C20H25ClN3O2+. The van der Waals surface area contributed by atoms with Gasteiger partial charge in [-0.15, -0.1) is 0 Å². The Balaban J connectivity index is 1.89. The monoisotopic (exact) mass is 374 g/mol. The highest BCUT2D eigenvalue weighted by Crippen LogP contribution is 2.19. The van der Waals surface area contributed by atoms with Crippen molar-refractivity contribution >= 4 is 29.1 Å². The fraction of sp³-hybridized carbons (Fsp3) is 0.300. The summed E-state index contributed by atoms with van der Waals surface area (Å²) in [4.78, 5) is 27.4. The summed E-state index contributed by atoms with van der Waals surface area (Å²) in [7, 11) is 3.62. The lowest BCUT2D eigenvalue weighted by Gasteiger charge is -2.25. The van der Waals surface area contributed by atoms with Crippen molar-refractivity contribution in [1.82, 2.24) is 4.90 Å². The summed E-state index contributed by atoms with van der Waals surface area (Å²) in [5.74, 6) is -0.183. The molecule has 0 aliphatic rings. The van der Waals surface area contributed by atoms with Crippen molar-refractivity contribution in [2.45, 2.75) is 19.5 Å². The number of quaternary nitrogens is 1. The van der Waals surface area contributed by atoms with Crippen molar-refractivity contribution in [2.24, 2.45) is 0 Å². The number of carbonyl (C=O) groups is 2. The number of carbonyl (C=O) groups excluding carboxylic acids is 2. The molecule has 0 aromatic heterocycles. The molecule has 0 heterocycles. The standard InChI is InChI=1S/C20H24ClN3O2/c1-15(20(26)24(3)13-16-9-5-4-6-10-16)23(2)14-19(25)22-18-12-8-7-11-17(18)21/h4-12,15H,13-14H2,1-3H3,(H,22,25)/p+1/t15-/m0/s1. The molecule has 5 nitrogen and oxygen atoms in total. The zero-order chi connectivity index (χ0) is 19.1. The zero-order valence-corrected chi connectivity index (χ0v) is 16.1. The summed E-state index contributed by atoms with van der Waals surface area (Å²) in [6.45, 7) is 2.56. The van der Waals surface area contributed by atoms with Crippen LogP contribution in [-0.2, 0) is 16.1 Å². The van der Waals surface area contributed by atoms with Crippen molar-refractivity contribution in [3.05, 3.63) is 65.2 Å². The molecular weight excluding hydrogens is 350 g/mol. The molecule has 0 radical (unpaired) electrons. The largest absolute Gasteiger partial charge is 0.336 e. The van der Waals surface area contributed by atoms with Crippen molar-refractivity contribution in [3.8, 4) is 0 Å². The van der Waals surface area contributed by atoms with Crippen LogP contribution >= 0.6 is 11.6 Å². The molecule has 1 unspecified atom stereocenters. The maximum absolute atomic E-state index is 12.6. The van der Waals surface area contributed by atoms with Crippen LogP contribution in [-0.4, -0.2) is 43.4 Å². The summed E-state index contributed by atoms with van der Waals surface area (Å²) < 4.78 is 0. The smallest absolute Gasteiger partial charge is 0.280 e. The van der Waals surface area contributed by atoms with E-state index >= 15 is 0 Å². The minimum Gasteiger partial charge on any atom is -0.336 e. The Morgan fingerprint density at radius 3 is 2.38 bits per heavy atom. The first-order chi connectivity index (χ1) is 12.4. The van der Waals surface area contributed by atoms with Crippen LogP contribution in [0.5, 0.6) is 0 Å². The van der Waals surface area contributed by atoms with Gasteiger partial charge >= 0.3 is 0 Å². The number of likely N-dealkylation sites (N-methyl/N-ethyl adjacent to an activating group) is 2. The zero-order valence-electron chi connectivity index (χ0n) is 15.3. The van der Waals surface area contributed by atoms with E-state index in [1.807, 2.05) is 50.4 Å². The average Bonchev–Trinajstić information content (AvgIpc) is 2.63. The van der Waals surface area contributed by atoms with Crippen LogP contribution in [0.4, 0.5) is 5.69 Å². The Bertz CT molecular complexity index is 752. The van der Waals surface area contributed by atoms with Crippen molar-refractivity contribution in [1.29, 1.82) is 0 Å². The Hall–Kier alpha value is -2.37. The summed E-state index contributed by atoms with van der Waals surface area (Å²) in [5.41, 5.74) is 1.65. The topological polar surface area (TPSA) is 53.9 Å². The van der Waals surface area contributed by atoms with E-state index < -0.39 is 0 Å². The number of para-hydroxylation sites is 1. The number of rotatable bonds is 7. The Labute approximate surface area is 159 Å². The number of hydrogen-bond donors (Lipinski definition) is 2. The maximum Gasteiger partial charge on any atom is 0.280 e. The van der Waals surface area contributed by atoms with E-state index in [4.69, 9.17) is 11.6 Å². The molecule has 138 valence electrons. The summed E-state index contributed by atoms with van der Waals surface area (Å²) in [5, 5.41) is 3.28. The summed E-state index contributed by atoms with van der Waals surface area (Å²) in [6.07, 6.45) is 0. The molecule has 2 amide bonds. The number of halogens is 1. The molecule has 2 aromatic carbocycles. The SMILES string of the molecule is C[C@@H](C(=O)N(C)Cc1ccccc1)[NH+](C)CC(=O)Nc1ccccc1Cl. The Morgan fingerprint density at radius 2 is 1.73 bits per heavy atom. The fourth-order valence-corrected chi connectivity index (χ4v) is 2.82. The van der Waals surface area contributed by atoms with Crippen LogP contribution in [0.1, 0.15) is 12.5 Å². The molecule has 0 saturated carbocycles. The minimum absolute atomic E-state index is 0.00287. The molecule has 0 saturated heterocycles. The first kappa shape index (κ1) is 19.9. The highest BCUT2D eigenvalue weighted by molar-refractivity contribution is 6.33. The second-order valence-corrected chi connectivity index (χ2v) is 6.86. The van der Waals surface area contributed by atoms with Crippen molar-refractivity contribution < 1.29 is 14.5 Å². The Morgan fingerprint density at radius 1 is 1.12 bits per heavy atom. The van der Waals surface area contributed by atoms with E-state index in [-0.39, 0.29) is 24.4 Å². The van der Waals surface area contributed by atoms with Gasteiger partial charge in [0.2, 0.25) is 0 Å². The number of benzene rings is 2. The molecule has 2 atom stereocenters. The van der Waals surface area contributed by atoms with Gasteiger partial charge in [0.15, 0.2) is 12.6 Å². The van der Waals surface area contributed by atoms with Gasteiger partial charge in [-0.1, -0.05) is 54.1 Å². The van der Waals surface area contributed by atoms with Crippen LogP contribution < -0.4 is 10.2 Å². The number of amides is 2. The van der Waals surface area contributed by atoms with Crippen LogP contribution in [0.3, 0.4) is 0 Å².